The fourth-order valence-electron chi connectivity index (χ4n) is 2.32. The number of nitrogen functional groups attached to an aromatic ring is 1. The van der Waals surface area contributed by atoms with Gasteiger partial charge in [-0.2, -0.15) is 0 Å². The third-order valence-electron chi connectivity index (χ3n) is 3.37. The molecule has 2 N–H and O–H groups in total. The largest absolute Gasteiger partial charge is 0.369 e. The molecule has 0 saturated heterocycles. The molecule has 0 aliphatic rings. The Hall–Kier alpha value is -2.37. The number of unbranched alkanes of at least 4 members (excludes halogenated alkanes) is 1. The number of nitrogens with two attached hydrogens (primary N) is 1. The molecular weight excluding hydrogens is 252 g/mol. The molecule has 0 fully saturated rings. The summed E-state index contributed by atoms with van der Waals surface area (Å²) in [4.78, 5) is 12.9. The minimum atomic E-state index is 0.542. The molecule has 3 aromatic heterocycles. The highest BCUT2D eigenvalue weighted by Crippen LogP contribution is 2.17. The van der Waals surface area contributed by atoms with Crippen molar-refractivity contribution in [2.24, 2.45) is 0 Å². The van der Waals surface area contributed by atoms with Crippen LogP contribution in [0.3, 0.4) is 0 Å². The van der Waals surface area contributed by atoms with Crippen molar-refractivity contribution in [2.45, 2.75) is 32.9 Å². The summed E-state index contributed by atoms with van der Waals surface area (Å²) in [5, 5.41) is 0. The van der Waals surface area contributed by atoms with Crippen molar-refractivity contribution in [3.05, 3.63) is 36.5 Å². The maximum Gasteiger partial charge on any atom is 0.202 e. The third kappa shape index (κ3) is 2.49. The Morgan fingerprint density at radius 2 is 2.00 bits per heavy atom. The highest BCUT2D eigenvalue weighted by molar-refractivity contribution is 5.74. The molecule has 0 amide bonds. The lowest BCUT2D eigenvalue weighted by atomic mass is 10.3. The molecule has 6 heteroatoms. The molecule has 0 aromatic carbocycles. The van der Waals surface area contributed by atoms with Gasteiger partial charge in [0, 0.05) is 31.2 Å². The normalized spacial score (nSPS) is 11.2. The second-order valence-corrected chi connectivity index (χ2v) is 4.92. The van der Waals surface area contributed by atoms with E-state index in [1.54, 1.807) is 6.20 Å². The molecule has 0 unspecified atom stereocenters. The van der Waals surface area contributed by atoms with Gasteiger partial charge in [0.1, 0.15) is 5.52 Å². The van der Waals surface area contributed by atoms with Crippen LogP contribution in [0.15, 0.2) is 30.9 Å². The van der Waals surface area contributed by atoms with Crippen LogP contribution in [0.25, 0.3) is 11.2 Å². The molecule has 0 aliphatic carbocycles. The fourth-order valence-corrected chi connectivity index (χ4v) is 2.32. The molecule has 0 bridgehead atoms. The van der Waals surface area contributed by atoms with Crippen LogP contribution in [-0.4, -0.2) is 24.1 Å². The molecule has 104 valence electrons. The summed E-state index contributed by atoms with van der Waals surface area (Å²) < 4.78 is 4.08. The molecule has 3 heterocycles. The van der Waals surface area contributed by atoms with E-state index in [-0.39, 0.29) is 0 Å². The van der Waals surface area contributed by atoms with E-state index >= 15 is 0 Å². The Bertz CT molecular complexity index is 698. The summed E-state index contributed by atoms with van der Waals surface area (Å²) in [6, 6.07) is 3.92. The van der Waals surface area contributed by atoms with Gasteiger partial charge >= 0.3 is 0 Å². The summed E-state index contributed by atoms with van der Waals surface area (Å²) in [7, 11) is 0. The van der Waals surface area contributed by atoms with Crippen LogP contribution in [0.4, 0.5) is 5.95 Å². The molecule has 3 rings (SSSR count). The van der Waals surface area contributed by atoms with Crippen molar-refractivity contribution in [3.63, 3.8) is 0 Å². The van der Waals surface area contributed by atoms with Crippen LogP contribution in [0.2, 0.25) is 0 Å². The van der Waals surface area contributed by atoms with Gasteiger partial charge in [0.25, 0.3) is 0 Å². The fraction of sp³-hybridized carbons (Fsp3) is 0.357. The van der Waals surface area contributed by atoms with E-state index in [2.05, 4.69) is 19.5 Å². The molecule has 20 heavy (non-hydrogen) atoms. The van der Waals surface area contributed by atoms with Gasteiger partial charge in [-0.05, 0) is 31.9 Å². The van der Waals surface area contributed by atoms with Crippen LogP contribution in [-0.2, 0) is 13.1 Å². The van der Waals surface area contributed by atoms with E-state index in [0.29, 0.717) is 5.95 Å². The number of rotatable bonds is 5. The third-order valence-corrected chi connectivity index (χ3v) is 3.37. The highest BCUT2D eigenvalue weighted by Gasteiger charge is 2.09. The molecule has 0 spiro atoms. The van der Waals surface area contributed by atoms with Gasteiger partial charge in [-0.1, -0.05) is 0 Å². The maximum absolute atomic E-state index is 5.98. The monoisotopic (exact) mass is 270 g/mol. The van der Waals surface area contributed by atoms with Crippen molar-refractivity contribution in [1.82, 2.24) is 24.1 Å². The molecule has 0 saturated carbocycles. The second kappa shape index (κ2) is 5.32. The Labute approximate surface area is 117 Å². The molecule has 6 nitrogen and oxygen atoms in total. The number of fused-ring (bicyclic) bond motifs is 1. The van der Waals surface area contributed by atoms with E-state index in [9.17, 15) is 0 Å². The lowest BCUT2D eigenvalue weighted by molar-refractivity contribution is 0.560. The Balaban J connectivity index is 1.67. The van der Waals surface area contributed by atoms with Crippen molar-refractivity contribution < 1.29 is 0 Å². The first kappa shape index (κ1) is 12.7. The molecule has 0 radical (unpaired) electrons. The number of anilines is 1. The smallest absolute Gasteiger partial charge is 0.202 e. The zero-order valence-corrected chi connectivity index (χ0v) is 11.5. The quantitative estimate of drug-likeness (QED) is 0.719. The molecular formula is C14H18N6. The highest BCUT2D eigenvalue weighted by atomic mass is 15.2. The van der Waals surface area contributed by atoms with Gasteiger partial charge in [-0.15, -0.1) is 0 Å². The van der Waals surface area contributed by atoms with Crippen molar-refractivity contribution in [3.8, 4) is 0 Å². The van der Waals surface area contributed by atoms with E-state index in [4.69, 9.17) is 5.73 Å². The molecule has 0 atom stereocenters. The SMILES string of the molecule is Cc1ccc2nc(N)n(CCCCn3ccnc3)c2n1. The van der Waals surface area contributed by atoms with Crippen molar-refractivity contribution >= 4 is 17.1 Å². The van der Waals surface area contributed by atoms with Crippen LogP contribution in [0.5, 0.6) is 0 Å². The standard InChI is InChI=1S/C14H18N6/c1-11-4-5-12-13(17-11)20(14(15)18-12)8-3-2-7-19-9-6-16-10-19/h4-6,9-10H,2-3,7-8H2,1H3,(H2,15,18). The van der Waals surface area contributed by atoms with Gasteiger partial charge in [-0.25, -0.2) is 15.0 Å². The number of hydrogen-bond donors (Lipinski definition) is 1. The summed E-state index contributed by atoms with van der Waals surface area (Å²) in [5.41, 5.74) is 8.70. The van der Waals surface area contributed by atoms with Gasteiger partial charge in [0.2, 0.25) is 5.95 Å². The number of aromatic nitrogens is 5. The van der Waals surface area contributed by atoms with Crippen LogP contribution in [0, 0.1) is 6.92 Å². The van der Waals surface area contributed by atoms with Crippen LogP contribution >= 0.6 is 0 Å². The van der Waals surface area contributed by atoms with E-state index in [0.717, 1.165) is 42.8 Å². The average Bonchev–Trinajstić information content (AvgIpc) is 3.03. The average molecular weight is 270 g/mol. The number of imidazole rings is 2. The minimum Gasteiger partial charge on any atom is -0.369 e. The van der Waals surface area contributed by atoms with Gasteiger partial charge in [0.05, 0.1) is 6.33 Å². The minimum absolute atomic E-state index is 0.542. The van der Waals surface area contributed by atoms with Gasteiger partial charge in [-0.3, -0.25) is 4.57 Å². The Morgan fingerprint density at radius 3 is 2.80 bits per heavy atom. The first-order valence-corrected chi connectivity index (χ1v) is 6.79. The molecule has 3 aromatic rings. The van der Waals surface area contributed by atoms with Gasteiger partial charge in [0.15, 0.2) is 5.65 Å². The lowest BCUT2D eigenvalue weighted by Gasteiger charge is -2.06. The summed E-state index contributed by atoms with van der Waals surface area (Å²) in [6.07, 6.45) is 7.72. The summed E-state index contributed by atoms with van der Waals surface area (Å²) in [5.74, 6) is 0.542. The summed E-state index contributed by atoms with van der Waals surface area (Å²) in [6.45, 7) is 3.79. The number of pyridine rings is 1. The van der Waals surface area contributed by atoms with Crippen molar-refractivity contribution in [2.75, 3.05) is 5.73 Å². The van der Waals surface area contributed by atoms with E-state index in [1.807, 2.05) is 36.1 Å². The zero-order valence-electron chi connectivity index (χ0n) is 11.5. The predicted molar refractivity (Wildman–Crippen MR) is 78.1 cm³/mol. The maximum atomic E-state index is 5.98. The Morgan fingerprint density at radius 1 is 1.15 bits per heavy atom. The number of nitrogens with zero attached hydrogens (tertiary/aromatic N) is 5. The lowest BCUT2D eigenvalue weighted by Crippen LogP contribution is -2.05. The first-order valence-electron chi connectivity index (χ1n) is 6.79. The zero-order chi connectivity index (χ0) is 13.9. The topological polar surface area (TPSA) is 74.5 Å². The summed E-state index contributed by atoms with van der Waals surface area (Å²) >= 11 is 0. The molecule has 0 aliphatic heterocycles. The van der Waals surface area contributed by atoms with Crippen LogP contribution in [0.1, 0.15) is 18.5 Å². The first-order chi connectivity index (χ1) is 9.74. The second-order valence-electron chi connectivity index (χ2n) is 4.92. The van der Waals surface area contributed by atoms with Gasteiger partial charge < -0.3 is 10.3 Å². The predicted octanol–water partition coefficient (Wildman–Crippen LogP) is 2.00. The Kier molecular flexibility index (Phi) is 3.37. The van der Waals surface area contributed by atoms with Crippen molar-refractivity contribution in [1.29, 1.82) is 0 Å². The van der Waals surface area contributed by atoms with E-state index < -0.39 is 0 Å². The number of aryl methyl sites for hydroxylation is 3. The van der Waals surface area contributed by atoms with E-state index in [1.165, 1.54) is 0 Å². The van der Waals surface area contributed by atoms with Crippen LogP contribution < -0.4 is 5.73 Å². The number of hydrogen-bond acceptors (Lipinski definition) is 4.